The van der Waals surface area contributed by atoms with Gasteiger partial charge in [-0.2, -0.15) is 0 Å². The van der Waals surface area contributed by atoms with Crippen LogP contribution < -0.4 is 4.66 Å². The van der Waals surface area contributed by atoms with E-state index in [0.29, 0.717) is 0 Å². The summed E-state index contributed by atoms with van der Waals surface area (Å²) in [6.45, 7) is 4.75. The van der Waals surface area contributed by atoms with Crippen LogP contribution in [0.25, 0.3) is 0 Å². The number of hydrogen-bond donors (Lipinski definition) is 1. The van der Waals surface area contributed by atoms with E-state index in [1.165, 1.54) is 0 Å². The molecule has 0 saturated carbocycles. The van der Waals surface area contributed by atoms with Crippen LogP contribution in [0.5, 0.6) is 0 Å². The molecule has 0 saturated heterocycles. The number of halogens is 1. The Morgan fingerprint density at radius 2 is 1.80 bits per heavy atom. The molecule has 1 N–H and O–H groups in total. The summed E-state index contributed by atoms with van der Waals surface area (Å²) in [6.07, 6.45) is 0. The van der Waals surface area contributed by atoms with Crippen LogP contribution in [0, 0.1) is 23.2 Å². The van der Waals surface area contributed by atoms with Gasteiger partial charge in [0.25, 0.3) is 0 Å². The first-order valence-electron chi connectivity index (χ1n) is 0.547. The van der Waals surface area contributed by atoms with Gasteiger partial charge < -0.3 is 16.5 Å². The molecular formula is CHClNO2-. The van der Waals surface area contributed by atoms with Crippen LogP contribution in [0.3, 0.4) is 0 Å². The van der Waals surface area contributed by atoms with Crippen molar-refractivity contribution in [1.29, 1.82) is 5.26 Å². The Hall–Kier alpha value is -0.300. The SMILES string of the molecule is [C-]#N.[O-][Cl+]O. The van der Waals surface area contributed by atoms with Crippen molar-refractivity contribution >= 4 is 0 Å². The summed E-state index contributed by atoms with van der Waals surface area (Å²) in [4.78, 5) is 0. The van der Waals surface area contributed by atoms with E-state index in [0.717, 1.165) is 0 Å². The Bertz CT molecular complexity index is 20.9. The van der Waals surface area contributed by atoms with Crippen molar-refractivity contribution in [2.45, 2.75) is 0 Å². The lowest BCUT2D eigenvalue weighted by atomic mass is 11.9. The first-order chi connectivity index (χ1) is 2.41. The molecule has 30 valence electrons. The van der Waals surface area contributed by atoms with Crippen LogP contribution in [-0.4, -0.2) is 4.66 Å². The zero-order chi connectivity index (χ0) is 4.71. The van der Waals surface area contributed by atoms with Crippen LogP contribution in [0.1, 0.15) is 0 Å². The van der Waals surface area contributed by atoms with E-state index in [-0.39, 0.29) is 11.3 Å². The smallest absolute Gasteiger partial charge is 0.327 e. The van der Waals surface area contributed by atoms with Gasteiger partial charge in [-0.15, -0.1) is 4.66 Å². The zero-order valence-corrected chi connectivity index (χ0v) is 2.94. The van der Waals surface area contributed by atoms with Crippen molar-refractivity contribution in [2.24, 2.45) is 0 Å². The molecule has 0 heterocycles. The Labute approximate surface area is 33.5 Å². The second-order valence-corrected chi connectivity index (χ2v) is 0.207. The van der Waals surface area contributed by atoms with E-state index in [9.17, 15) is 0 Å². The fraction of sp³-hybridized carbons (Fsp3) is 0. The van der Waals surface area contributed by atoms with E-state index in [1.807, 2.05) is 0 Å². The standard InChI is InChI=1S/CN.ClHO2/c1-2;2-1-3/h;2H/q-1;. The van der Waals surface area contributed by atoms with Crippen LogP contribution in [0.15, 0.2) is 0 Å². The van der Waals surface area contributed by atoms with Gasteiger partial charge in [-0.1, -0.05) is 0 Å². The van der Waals surface area contributed by atoms with Crippen molar-refractivity contribution in [3.63, 3.8) is 0 Å². The molecule has 0 radical (unpaired) electrons. The van der Waals surface area contributed by atoms with Gasteiger partial charge in [0.1, 0.15) is 0 Å². The Balaban J connectivity index is 0. The first kappa shape index (κ1) is 8.83. The minimum atomic E-state index is -0.167. The zero-order valence-electron chi connectivity index (χ0n) is 2.18. The van der Waals surface area contributed by atoms with Crippen LogP contribution in [-0.2, 0) is 0 Å². The third kappa shape index (κ3) is 119. The van der Waals surface area contributed by atoms with Crippen LogP contribution in [0.2, 0.25) is 0 Å². The van der Waals surface area contributed by atoms with E-state index in [1.54, 1.807) is 0 Å². The van der Waals surface area contributed by atoms with E-state index < -0.39 is 0 Å². The summed E-state index contributed by atoms with van der Waals surface area (Å²) in [5, 5.41) is 6.25. The van der Waals surface area contributed by atoms with Gasteiger partial charge in [-0.25, -0.2) is 0 Å². The summed E-state index contributed by atoms with van der Waals surface area (Å²) in [5.41, 5.74) is 0. The molecule has 5 heavy (non-hydrogen) atoms. The second kappa shape index (κ2) is 55.0. The molecule has 0 unspecified atom stereocenters. The second-order valence-electron chi connectivity index (χ2n) is 0.0690. The van der Waals surface area contributed by atoms with Crippen LogP contribution >= 0.6 is 0 Å². The van der Waals surface area contributed by atoms with Gasteiger partial charge in [-0.3, -0.25) is 0 Å². The van der Waals surface area contributed by atoms with E-state index >= 15 is 0 Å². The van der Waals surface area contributed by atoms with E-state index in [4.69, 9.17) is 21.2 Å². The number of rotatable bonds is 0. The lowest BCUT2D eigenvalue weighted by Gasteiger charge is -1.46. The normalized spacial score (nSPS) is 4.00. The maximum absolute atomic E-state index is 8.35. The lowest BCUT2D eigenvalue weighted by Crippen LogP contribution is -1.94. The minimum Gasteiger partial charge on any atom is -0.512 e. The van der Waals surface area contributed by atoms with Crippen molar-refractivity contribution < 1.29 is 20.6 Å². The maximum atomic E-state index is 8.35. The molecule has 0 aliphatic carbocycles. The fourth-order valence-corrected chi connectivity index (χ4v) is 0. The third-order valence-corrected chi connectivity index (χ3v) is 0. The minimum absolute atomic E-state index is 0.167. The largest absolute Gasteiger partial charge is 0.512 e. The van der Waals surface area contributed by atoms with E-state index in [2.05, 4.69) is 0 Å². The maximum Gasteiger partial charge on any atom is 0.327 e. The monoisotopic (exact) mass is 94.0 g/mol. The highest BCUT2D eigenvalue weighted by Gasteiger charge is 1.47. The van der Waals surface area contributed by atoms with Gasteiger partial charge in [0.15, 0.2) is 0 Å². The average molecular weight is 94.5 g/mol. The predicted octanol–water partition coefficient (Wildman–Crippen LogP) is -1.65. The van der Waals surface area contributed by atoms with Gasteiger partial charge in [0.2, 0.25) is 0 Å². The topological polar surface area (TPSA) is 67.1 Å². The molecule has 0 aliphatic heterocycles. The summed E-state index contributed by atoms with van der Waals surface area (Å²) >= 11 is -0.167. The quantitative estimate of drug-likeness (QED) is 0.366. The highest BCUT2D eigenvalue weighted by Crippen LogP contribution is 1.13. The Morgan fingerprint density at radius 3 is 1.80 bits per heavy atom. The molecular weight excluding hydrogens is 93.5 g/mol. The average Bonchev–Trinajstić information content (AvgIpc) is 1.46. The fourth-order valence-electron chi connectivity index (χ4n) is 0. The molecule has 0 amide bonds. The molecule has 0 aliphatic rings. The third-order valence-electron chi connectivity index (χ3n) is 0. The van der Waals surface area contributed by atoms with Crippen molar-refractivity contribution in [3.8, 4) is 0 Å². The molecule has 0 aromatic carbocycles. The molecule has 0 fully saturated rings. The summed E-state index contributed by atoms with van der Waals surface area (Å²) in [6, 6.07) is 0. The molecule has 0 rings (SSSR count). The molecule has 0 aromatic rings. The van der Waals surface area contributed by atoms with Crippen LogP contribution in [0.4, 0.5) is 0 Å². The van der Waals surface area contributed by atoms with Crippen molar-refractivity contribution in [2.75, 3.05) is 0 Å². The predicted molar refractivity (Wildman–Crippen MR) is 7.19 cm³/mol. The highest BCUT2D eigenvalue weighted by atomic mass is 35.6. The summed E-state index contributed by atoms with van der Waals surface area (Å²) < 4.78 is 15.2. The molecule has 0 spiro atoms. The summed E-state index contributed by atoms with van der Waals surface area (Å²) in [5.74, 6) is 0. The number of hydrogen-bond acceptors (Lipinski definition) is 3. The summed E-state index contributed by atoms with van der Waals surface area (Å²) in [7, 11) is 0. The highest BCUT2D eigenvalue weighted by molar-refractivity contribution is 3.44. The molecule has 0 atom stereocenters. The van der Waals surface area contributed by atoms with Gasteiger partial charge in [-0.05, 0) is 0 Å². The first-order valence-corrected chi connectivity index (χ1v) is 1.19. The van der Waals surface area contributed by atoms with Gasteiger partial charge >= 0.3 is 11.3 Å². The molecule has 0 aromatic heterocycles. The molecule has 4 heteroatoms. The van der Waals surface area contributed by atoms with Crippen molar-refractivity contribution in [1.82, 2.24) is 0 Å². The Morgan fingerprint density at radius 1 is 1.80 bits per heavy atom. The molecule has 3 nitrogen and oxygen atoms in total. The van der Waals surface area contributed by atoms with Gasteiger partial charge in [0.05, 0.1) is 0 Å². The van der Waals surface area contributed by atoms with Crippen molar-refractivity contribution in [3.05, 3.63) is 6.57 Å². The number of nitrogens with zero attached hydrogens (tertiary/aromatic N) is 1. The van der Waals surface area contributed by atoms with Gasteiger partial charge in [0, 0.05) is 0 Å². The Kier molecular flexibility index (Phi) is 97.2. The lowest BCUT2D eigenvalue weighted by molar-refractivity contribution is -1.27. The molecule has 0 bridgehead atoms.